The Balaban J connectivity index is -0.0000000625. The van der Waals surface area contributed by atoms with Crippen molar-refractivity contribution in [2.45, 2.75) is 0 Å². The van der Waals surface area contributed by atoms with Gasteiger partial charge in [-0.3, -0.25) is 0 Å². The van der Waals surface area contributed by atoms with Crippen molar-refractivity contribution in [3.63, 3.8) is 0 Å². The maximum absolute atomic E-state index is 4.56. The SMILES string of the molecule is CN(C)C(=S)[S-].CN(C)C(=S)[S-].O.[Ni+2]. The first-order chi connectivity index (χ1) is 5.29. The van der Waals surface area contributed by atoms with E-state index in [-0.39, 0.29) is 22.0 Å². The first kappa shape index (κ1) is 24.1. The van der Waals surface area contributed by atoms with Crippen LogP contribution in [0.15, 0.2) is 0 Å². The van der Waals surface area contributed by atoms with Gasteiger partial charge in [0, 0.05) is 28.2 Å². The predicted molar refractivity (Wildman–Crippen MR) is 70.9 cm³/mol. The molecule has 0 heterocycles. The van der Waals surface area contributed by atoms with Crippen molar-refractivity contribution in [3.8, 4) is 0 Å². The molecule has 0 aromatic heterocycles. The zero-order valence-electron chi connectivity index (χ0n) is 8.34. The molecule has 0 saturated carbocycles. The molecule has 0 aromatic carbocycles. The summed E-state index contributed by atoms with van der Waals surface area (Å²) in [5.41, 5.74) is 0. The van der Waals surface area contributed by atoms with E-state index in [1.807, 2.05) is 28.2 Å². The Hall–Kier alpha value is 0.674. The maximum Gasteiger partial charge on any atom is 2.00 e. The molecule has 0 aliphatic rings. The van der Waals surface area contributed by atoms with Crippen LogP contribution in [0.3, 0.4) is 0 Å². The van der Waals surface area contributed by atoms with E-state index in [0.717, 1.165) is 0 Å². The standard InChI is InChI=1S/2C3H7NS2.Ni.H2O/c2*1-4(2)3(5)6;;/h2*1-2H3,(H,5,6);;1H2/q;;+2;/p-2. The number of hydrogen-bond acceptors (Lipinski definition) is 4. The second-order valence-electron chi connectivity index (χ2n) is 2.32. The number of thiocarbonyl (C=S) groups is 2. The summed E-state index contributed by atoms with van der Waals surface area (Å²) in [6.07, 6.45) is 0. The summed E-state index contributed by atoms with van der Waals surface area (Å²) in [6.45, 7) is 0. The zero-order chi connectivity index (χ0) is 10.3. The van der Waals surface area contributed by atoms with Crippen molar-refractivity contribution in [2.75, 3.05) is 28.2 Å². The van der Waals surface area contributed by atoms with Gasteiger partial charge in [0.2, 0.25) is 0 Å². The maximum atomic E-state index is 4.56. The van der Waals surface area contributed by atoms with Crippen LogP contribution in [0, 0.1) is 0 Å². The van der Waals surface area contributed by atoms with Gasteiger partial charge in [0.15, 0.2) is 0 Å². The Bertz CT molecular complexity index is 148. The Morgan fingerprint density at radius 3 is 0.929 bits per heavy atom. The molecule has 88 valence electrons. The fourth-order valence-electron chi connectivity index (χ4n) is 0. The molecule has 0 aliphatic carbocycles. The van der Waals surface area contributed by atoms with Crippen molar-refractivity contribution < 1.29 is 22.0 Å². The summed E-state index contributed by atoms with van der Waals surface area (Å²) >= 11 is 18.2. The van der Waals surface area contributed by atoms with E-state index in [0.29, 0.717) is 8.64 Å². The molecule has 0 fully saturated rings. The second kappa shape index (κ2) is 13.7. The van der Waals surface area contributed by atoms with E-state index in [1.165, 1.54) is 0 Å². The molecule has 0 atom stereocenters. The minimum absolute atomic E-state index is 0. The number of nitrogens with zero attached hydrogens (tertiary/aromatic N) is 2. The van der Waals surface area contributed by atoms with Crippen LogP contribution in [0.5, 0.6) is 0 Å². The average molecular weight is 317 g/mol. The quantitative estimate of drug-likeness (QED) is 0.354. The van der Waals surface area contributed by atoms with Crippen LogP contribution >= 0.6 is 24.4 Å². The third-order valence-corrected chi connectivity index (χ3v) is 2.19. The summed E-state index contributed by atoms with van der Waals surface area (Å²) < 4.78 is 1.02. The normalized spacial score (nSPS) is 6.57. The molecular formula is C6H14N2NiOS4. The zero-order valence-corrected chi connectivity index (χ0v) is 12.6. The van der Waals surface area contributed by atoms with Gasteiger partial charge >= 0.3 is 16.5 Å². The molecule has 0 spiro atoms. The van der Waals surface area contributed by atoms with Crippen LogP contribution in [0.25, 0.3) is 0 Å². The summed E-state index contributed by atoms with van der Waals surface area (Å²) in [5, 5.41) is 0. The predicted octanol–water partition coefficient (Wildman–Crippen LogP) is -0.0676. The van der Waals surface area contributed by atoms with Crippen LogP contribution in [-0.4, -0.2) is 52.1 Å². The van der Waals surface area contributed by atoms with Crippen LogP contribution in [-0.2, 0) is 41.7 Å². The first-order valence-corrected chi connectivity index (χ1v) is 4.69. The van der Waals surface area contributed by atoms with Gasteiger partial charge in [-0.15, -0.1) is 0 Å². The van der Waals surface area contributed by atoms with Crippen molar-refractivity contribution >= 4 is 58.3 Å². The minimum atomic E-state index is 0. The Labute approximate surface area is 118 Å². The summed E-state index contributed by atoms with van der Waals surface area (Å²) in [4.78, 5) is 3.43. The molecule has 0 unspecified atom stereocenters. The molecular weight excluding hydrogens is 303 g/mol. The van der Waals surface area contributed by atoms with E-state index in [9.17, 15) is 0 Å². The van der Waals surface area contributed by atoms with E-state index in [4.69, 9.17) is 0 Å². The first-order valence-electron chi connectivity index (χ1n) is 3.05. The molecule has 0 rings (SSSR count). The Kier molecular flexibility index (Phi) is 23.5. The van der Waals surface area contributed by atoms with Crippen molar-refractivity contribution in [3.05, 3.63) is 0 Å². The molecule has 0 aliphatic heterocycles. The van der Waals surface area contributed by atoms with Gasteiger partial charge in [0.25, 0.3) is 0 Å². The summed E-state index contributed by atoms with van der Waals surface area (Å²) in [5.74, 6) is 0. The van der Waals surface area contributed by atoms with Crippen LogP contribution in [0.4, 0.5) is 0 Å². The van der Waals surface area contributed by atoms with Crippen molar-refractivity contribution in [2.24, 2.45) is 0 Å². The Morgan fingerprint density at radius 1 is 0.857 bits per heavy atom. The fraction of sp³-hybridized carbons (Fsp3) is 0.667. The van der Waals surface area contributed by atoms with Gasteiger partial charge in [-0.1, -0.05) is 8.64 Å². The third kappa shape index (κ3) is 23.0. The van der Waals surface area contributed by atoms with Gasteiger partial charge < -0.3 is 65.0 Å². The van der Waals surface area contributed by atoms with Crippen LogP contribution < -0.4 is 0 Å². The van der Waals surface area contributed by atoms with Crippen LogP contribution in [0.2, 0.25) is 0 Å². The monoisotopic (exact) mass is 316 g/mol. The van der Waals surface area contributed by atoms with Gasteiger partial charge in [0.1, 0.15) is 0 Å². The molecule has 14 heavy (non-hydrogen) atoms. The number of hydrogen-bond donors (Lipinski definition) is 0. The molecule has 0 bridgehead atoms. The van der Waals surface area contributed by atoms with Crippen molar-refractivity contribution in [1.29, 1.82) is 0 Å². The van der Waals surface area contributed by atoms with E-state index >= 15 is 0 Å². The van der Waals surface area contributed by atoms with E-state index < -0.39 is 0 Å². The van der Waals surface area contributed by atoms with Crippen molar-refractivity contribution in [1.82, 2.24) is 9.80 Å². The van der Waals surface area contributed by atoms with Gasteiger partial charge in [0.05, 0.1) is 0 Å². The molecule has 0 amide bonds. The molecule has 3 nitrogen and oxygen atoms in total. The second-order valence-corrected chi connectivity index (χ2v) is 4.38. The smallest absolute Gasteiger partial charge is 0.412 e. The van der Waals surface area contributed by atoms with Crippen LogP contribution in [0.1, 0.15) is 0 Å². The molecule has 8 heteroatoms. The van der Waals surface area contributed by atoms with Gasteiger partial charge in [-0.05, 0) is 0 Å². The largest absolute Gasteiger partial charge is 2.00 e. The fourth-order valence-corrected chi connectivity index (χ4v) is 0. The topological polar surface area (TPSA) is 38.0 Å². The van der Waals surface area contributed by atoms with E-state index in [2.05, 4.69) is 49.7 Å². The van der Waals surface area contributed by atoms with Gasteiger partial charge in [-0.25, -0.2) is 0 Å². The summed E-state index contributed by atoms with van der Waals surface area (Å²) in [7, 11) is 7.31. The molecule has 2 N–H and O–H groups in total. The molecule has 0 saturated heterocycles. The third-order valence-electron chi connectivity index (χ3n) is 0.730. The number of rotatable bonds is 0. The summed E-state index contributed by atoms with van der Waals surface area (Å²) in [6, 6.07) is 0. The average Bonchev–Trinajstić information content (AvgIpc) is 1.88. The minimum Gasteiger partial charge on any atom is -0.412 e. The Morgan fingerprint density at radius 2 is 0.929 bits per heavy atom. The van der Waals surface area contributed by atoms with E-state index in [1.54, 1.807) is 9.80 Å². The van der Waals surface area contributed by atoms with Gasteiger partial charge in [-0.2, -0.15) is 0 Å². The molecule has 0 radical (unpaired) electrons. The molecule has 0 aromatic rings.